The summed E-state index contributed by atoms with van der Waals surface area (Å²) in [5.41, 5.74) is 5.53. The molecule has 0 radical (unpaired) electrons. The average molecular weight is 438 g/mol. The van der Waals surface area contributed by atoms with Crippen molar-refractivity contribution in [3.63, 3.8) is 0 Å². The second kappa shape index (κ2) is 13.7. The van der Waals surface area contributed by atoms with Crippen molar-refractivity contribution in [1.29, 1.82) is 0 Å². The van der Waals surface area contributed by atoms with Crippen molar-refractivity contribution in [3.8, 4) is 0 Å². The third-order valence-electron chi connectivity index (χ3n) is 5.99. The molecule has 0 unspecified atom stereocenters. The van der Waals surface area contributed by atoms with E-state index >= 15 is 0 Å². The molecule has 0 heterocycles. The minimum Gasteiger partial charge on any atom is -0.407 e. The van der Waals surface area contributed by atoms with Crippen LogP contribution in [0.3, 0.4) is 0 Å². The smallest absolute Gasteiger partial charge is 0.261 e. The summed E-state index contributed by atoms with van der Waals surface area (Å²) < 4.78 is 6.96. The van der Waals surface area contributed by atoms with E-state index < -0.39 is 8.32 Å². The predicted octanol–water partition coefficient (Wildman–Crippen LogP) is 6.20. The Morgan fingerprint density at radius 3 is 1.68 bits per heavy atom. The number of nitrogens with two attached hydrogens (primary N) is 1. The Labute approximate surface area is 192 Å². The van der Waals surface area contributed by atoms with E-state index in [1.165, 1.54) is 48.9 Å². The molecule has 0 aliphatic carbocycles. The first-order valence-corrected chi connectivity index (χ1v) is 14.0. The quantitative estimate of drug-likeness (QED) is 0.217. The van der Waals surface area contributed by atoms with Crippen LogP contribution in [-0.2, 0) is 4.43 Å². The normalized spacial score (nSPS) is 12.5. The topological polar surface area (TPSA) is 35.2 Å². The highest BCUT2D eigenvalue weighted by atomic mass is 28.4. The van der Waals surface area contributed by atoms with E-state index in [1.54, 1.807) is 0 Å². The zero-order valence-electron chi connectivity index (χ0n) is 20.0. The monoisotopic (exact) mass is 437 g/mol. The van der Waals surface area contributed by atoms with Gasteiger partial charge in [-0.3, -0.25) is 0 Å². The van der Waals surface area contributed by atoms with Gasteiger partial charge in [-0.05, 0) is 60.5 Å². The summed E-state index contributed by atoms with van der Waals surface area (Å²) in [5.74, 6) is 0. The van der Waals surface area contributed by atoms with Gasteiger partial charge >= 0.3 is 0 Å². The minimum atomic E-state index is -2.37. The molecule has 31 heavy (non-hydrogen) atoms. The largest absolute Gasteiger partial charge is 0.407 e. The molecule has 2 aromatic carbocycles. The van der Waals surface area contributed by atoms with Crippen LogP contribution in [0.1, 0.15) is 72.1 Å². The van der Waals surface area contributed by atoms with Crippen molar-refractivity contribution >= 4 is 18.7 Å². The molecule has 0 spiro atoms. The third-order valence-corrected chi connectivity index (χ3v) is 11.0. The summed E-state index contributed by atoms with van der Waals surface area (Å²) in [4.78, 5) is 0. The number of allylic oxidation sites excluding steroid dienone is 2. The van der Waals surface area contributed by atoms with E-state index in [0.29, 0.717) is 0 Å². The molecule has 2 N–H and O–H groups in total. The summed E-state index contributed by atoms with van der Waals surface area (Å²) >= 11 is 0. The summed E-state index contributed by atoms with van der Waals surface area (Å²) in [7, 11) is -2.37. The third kappa shape index (κ3) is 7.75. The first-order valence-electron chi connectivity index (χ1n) is 12.1. The molecule has 2 nitrogen and oxygen atoms in total. The summed E-state index contributed by atoms with van der Waals surface area (Å²) in [5, 5.41) is 2.80. The highest BCUT2D eigenvalue weighted by molar-refractivity contribution is 6.99. The van der Waals surface area contributed by atoms with Crippen molar-refractivity contribution in [2.45, 2.75) is 77.2 Å². The van der Waals surface area contributed by atoms with E-state index in [0.717, 1.165) is 26.0 Å². The van der Waals surface area contributed by atoms with Crippen LogP contribution in [-0.4, -0.2) is 21.5 Å². The van der Waals surface area contributed by atoms with Gasteiger partial charge in [0.2, 0.25) is 0 Å². The van der Waals surface area contributed by atoms with Crippen molar-refractivity contribution in [1.82, 2.24) is 0 Å². The molecule has 0 saturated heterocycles. The Bertz CT molecular complexity index is 697. The van der Waals surface area contributed by atoms with Crippen LogP contribution in [0.15, 0.2) is 72.8 Å². The molecule has 0 bridgehead atoms. The van der Waals surface area contributed by atoms with E-state index in [1.807, 2.05) is 0 Å². The molecular formula is C28H43NOSi. The van der Waals surface area contributed by atoms with Crippen LogP contribution in [0.25, 0.3) is 0 Å². The maximum Gasteiger partial charge on any atom is 0.261 e. The summed E-state index contributed by atoms with van der Waals surface area (Å²) in [6.07, 6.45) is 14.3. The molecule has 2 aromatic rings. The van der Waals surface area contributed by atoms with Crippen LogP contribution in [0.2, 0.25) is 5.04 Å². The van der Waals surface area contributed by atoms with Gasteiger partial charge in [-0.1, -0.05) is 106 Å². The molecule has 170 valence electrons. The van der Waals surface area contributed by atoms with Gasteiger partial charge in [0.15, 0.2) is 0 Å². The van der Waals surface area contributed by atoms with E-state index in [-0.39, 0.29) is 5.04 Å². The molecule has 0 aliphatic rings. The molecular weight excluding hydrogens is 394 g/mol. The lowest BCUT2D eigenvalue weighted by atomic mass is 10.1. The molecule has 0 saturated carbocycles. The van der Waals surface area contributed by atoms with Crippen LogP contribution in [0.4, 0.5) is 0 Å². The van der Waals surface area contributed by atoms with Gasteiger partial charge in [0.25, 0.3) is 8.32 Å². The Balaban J connectivity index is 1.92. The van der Waals surface area contributed by atoms with Gasteiger partial charge < -0.3 is 10.2 Å². The Hall–Kier alpha value is -1.68. The highest BCUT2D eigenvalue weighted by Gasteiger charge is 2.49. The molecule has 0 atom stereocenters. The number of rotatable bonds is 14. The Morgan fingerprint density at radius 2 is 1.19 bits per heavy atom. The molecule has 0 amide bonds. The summed E-state index contributed by atoms with van der Waals surface area (Å²) in [6.45, 7) is 8.68. The molecule has 0 aliphatic heterocycles. The highest BCUT2D eigenvalue weighted by Crippen LogP contribution is 2.36. The minimum absolute atomic E-state index is 0.0599. The lowest BCUT2D eigenvalue weighted by Gasteiger charge is -2.43. The lowest BCUT2D eigenvalue weighted by Crippen LogP contribution is -2.66. The van der Waals surface area contributed by atoms with Crippen molar-refractivity contribution in [2.75, 3.05) is 13.2 Å². The predicted molar refractivity (Wildman–Crippen MR) is 139 cm³/mol. The molecule has 2 rings (SSSR count). The number of hydrogen-bond donors (Lipinski definition) is 1. The second-order valence-corrected chi connectivity index (χ2v) is 13.8. The van der Waals surface area contributed by atoms with Crippen LogP contribution < -0.4 is 16.1 Å². The summed E-state index contributed by atoms with van der Waals surface area (Å²) in [6, 6.07) is 21.9. The first kappa shape index (κ1) is 25.6. The molecule has 3 heteroatoms. The lowest BCUT2D eigenvalue weighted by molar-refractivity contribution is 0.286. The van der Waals surface area contributed by atoms with E-state index in [9.17, 15) is 0 Å². The SMILES string of the molecule is CC(C)(C)[Si](OCCCCCC/C=C\CCCCN)(c1ccccc1)c1ccccc1. The van der Waals surface area contributed by atoms with Gasteiger partial charge in [0.1, 0.15) is 0 Å². The fourth-order valence-electron chi connectivity index (χ4n) is 4.35. The zero-order valence-corrected chi connectivity index (χ0v) is 21.0. The Kier molecular flexibility index (Phi) is 11.3. The zero-order chi connectivity index (χ0) is 22.4. The maximum atomic E-state index is 6.96. The average Bonchev–Trinajstić information content (AvgIpc) is 2.77. The van der Waals surface area contributed by atoms with Crippen LogP contribution in [0.5, 0.6) is 0 Å². The number of hydrogen-bond acceptors (Lipinski definition) is 2. The fourth-order valence-corrected chi connectivity index (χ4v) is 8.95. The van der Waals surface area contributed by atoms with Crippen LogP contribution >= 0.6 is 0 Å². The van der Waals surface area contributed by atoms with Crippen molar-refractivity contribution in [3.05, 3.63) is 72.8 Å². The van der Waals surface area contributed by atoms with Gasteiger partial charge in [-0.2, -0.15) is 0 Å². The standard InChI is InChI=1S/C28H43NOSi/c1-28(2,3)31(26-20-14-12-15-21-26,27-22-16-13-17-23-27)30-25-19-11-9-7-5-4-6-8-10-18-24-29/h4,6,12-17,20-23H,5,7-11,18-19,24-25,29H2,1-3H3/b6-4-. The fraction of sp³-hybridized carbons (Fsp3) is 0.500. The van der Waals surface area contributed by atoms with E-state index in [4.69, 9.17) is 10.2 Å². The molecule has 0 aromatic heterocycles. The van der Waals surface area contributed by atoms with Gasteiger partial charge in [-0.25, -0.2) is 0 Å². The van der Waals surface area contributed by atoms with E-state index in [2.05, 4.69) is 93.6 Å². The molecule has 0 fully saturated rings. The number of benzene rings is 2. The van der Waals surface area contributed by atoms with Gasteiger partial charge in [-0.15, -0.1) is 0 Å². The second-order valence-electron chi connectivity index (χ2n) is 9.47. The van der Waals surface area contributed by atoms with Crippen molar-refractivity contribution in [2.24, 2.45) is 5.73 Å². The van der Waals surface area contributed by atoms with Crippen molar-refractivity contribution < 1.29 is 4.43 Å². The van der Waals surface area contributed by atoms with Gasteiger partial charge in [0, 0.05) is 6.61 Å². The van der Waals surface area contributed by atoms with Gasteiger partial charge in [0.05, 0.1) is 0 Å². The number of unbranched alkanes of at least 4 members (excludes halogenated alkanes) is 6. The van der Waals surface area contributed by atoms with Crippen LogP contribution in [0, 0.1) is 0 Å². The first-order chi connectivity index (χ1) is 15.0. The Morgan fingerprint density at radius 1 is 0.710 bits per heavy atom. The maximum absolute atomic E-state index is 6.96.